The summed E-state index contributed by atoms with van der Waals surface area (Å²) in [5, 5.41) is 0. The lowest BCUT2D eigenvalue weighted by molar-refractivity contribution is -0.167. The molecule has 0 aliphatic rings. The minimum absolute atomic E-state index is 0.0734. The standard InChI is InChI=1S/C56H104O6/c1-4-7-10-13-16-19-22-24-26-27-28-29-31-32-34-37-40-43-46-49-55(58)61-52-53(51-60-54(57)48-45-42-39-36-21-18-15-12-9-6-3)62-56(59)50-47-44-41-38-35-33-30-25-23-20-17-14-11-8-5-2/h15,18,27-28,53H,4-14,16-17,19-26,29-52H2,1-3H3/b18-15-,28-27-. The van der Waals surface area contributed by atoms with E-state index in [1.807, 2.05) is 0 Å². The van der Waals surface area contributed by atoms with E-state index in [-0.39, 0.29) is 31.1 Å². The highest BCUT2D eigenvalue weighted by Crippen LogP contribution is 2.16. The third-order valence-electron chi connectivity index (χ3n) is 12.2. The minimum atomic E-state index is -0.772. The van der Waals surface area contributed by atoms with Gasteiger partial charge in [-0.2, -0.15) is 0 Å². The summed E-state index contributed by atoms with van der Waals surface area (Å²) < 4.78 is 16.8. The van der Waals surface area contributed by atoms with Crippen LogP contribution in [0, 0.1) is 0 Å². The zero-order chi connectivity index (χ0) is 45.1. The van der Waals surface area contributed by atoms with Crippen molar-refractivity contribution < 1.29 is 28.6 Å². The maximum Gasteiger partial charge on any atom is 0.306 e. The normalized spacial score (nSPS) is 12.1. The summed E-state index contributed by atoms with van der Waals surface area (Å²) in [5.74, 6) is -0.876. The quantitative estimate of drug-likeness (QED) is 0.0262. The van der Waals surface area contributed by atoms with Crippen LogP contribution < -0.4 is 0 Å². The van der Waals surface area contributed by atoms with Gasteiger partial charge >= 0.3 is 17.9 Å². The molecule has 6 heteroatoms. The predicted octanol–water partition coefficient (Wildman–Crippen LogP) is 17.9. The molecule has 0 amide bonds. The van der Waals surface area contributed by atoms with Crippen molar-refractivity contribution in [3.63, 3.8) is 0 Å². The highest BCUT2D eigenvalue weighted by molar-refractivity contribution is 5.71. The second-order valence-electron chi connectivity index (χ2n) is 18.5. The fourth-order valence-corrected chi connectivity index (χ4v) is 8.01. The predicted molar refractivity (Wildman–Crippen MR) is 266 cm³/mol. The molecule has 0 aliphatic heterocycles. The zero-order valence-corrected chi connectivity index (χ0v) is 41.7. The van der Waals surface area contributed by atoms with E-state index in [0.717, 1.165) is 77.0 Å². The first kappa shape index (κ1) is 59.9. The summed E-state index contributed by atoms with van der Waals surface area (Å²) in [5.41, 5.74) is 0. The van der Waals surface area contributed by atoms with Crippen LogP contribution in [-0.2, 0) is 28.6 Å². The van der Waals surface area contributed by atoms with Crippen molar-refractivity contribution in [2.75, 3.05) is 13.2 Å². The summed E-state index contributed by atoms with van der Waals surface area (Å²) in [6.45, 7) is 6.62. The number of ether oxygens (including phenoxy) is 3. The number of allylic oxidation sites excluding steroid dienone is 4. The molecule has 1 unspecified atom stereocenters. The molecule has 0 aromatic carbocycles. The molecule has 0 aromatic rings. The van der Waals surface area contributed by atoms with Gasteiger partial charge < -0.3 is 14.2 Å². The van der Waals surface area contributed by atoms with E-state index in [1.165, 1.54) is 180 Å². The number of hydrogen-bond acceptors (Lipinski definition) is 6. The molecule has 0 saturated heterocycles. The molecule has 0 aromatic heterocycles. The van der Waals surface area contributed by atoms with Crippen LogP contribution >= 0.6 is 0 Å². The van der Waals surface area contributed by atoms with Gasteiger partial charge in [0.2, 0.25) is 0 Å². The Hall–Kier alpha value is -2.11. The van der Waals surface area contributed by atoms with E-state index in [1.54, 1.807) is 0 Å². The average molecular weight is 873 g/mol. The molecule has 62 heavy (non-hydrogen) atoms. The van der Waals surface area contributed by atoms with Gasteiger partial charge in [-0.15, -0.1) is 0 Å². The number of unbranched alkanes of at least 4 members (excludes halogenated alkanes) is 35. The van der Waals surface area contributed by atoms with Crippen molar-refractivity contribution in [2.45, 2.75) is 303 Å². The Morgan fingerprint density at radius 2 is 0.548 bits per heavy atom. The van der Waals surface area contributed by atoms with Crippen LogP contribution in [0.4, 0.5) is 0 Å². The highest BCUT2D eigenvalue weighted by atomic mass is 16.6. The molecule has 0 rings (SSSR count). The largest absolute Gasteiger partial charge is 0.462 e. The molecule has 0 radical (unpaired) electrons. The summed E-state index contributed by atoms with van der Waals surface area (Å²) in [6.07, 6.45) is 58.8. The SMILES string of the molecule is CCCC/C=C\CCCCCCC(=O)OCC(COC(=O)CCCCCCCCC/C=C\CCCCCCCCCC)OC(=O)CCCCCCCCCCCCCCCCC. The van der Waals surface area contributed by atoms with E-state index in [0.29, 0.717) is 19.3 Å². The molecule has 0 aliphatic carbocycles. The molecule has 0 fully saturated rings. The molecule has 0 bridgehead atoms. The van der Waals surface area contributed by atoms with Crippen LogP contribution in [0.3, 0.4) is 0 Å². The second-order valence-corrected chi connectivity index (χ2v) is 18.5. The lowest BCUT2D eigenvalue weighted by atomic mass is 10.0. The van der Waals surface area contributed by atoms with Crippen LogP contribution in [0.25, 0.3) is 0 Å². The molecule has 6 nitrogen and oxygen atoms in total. The van der Waals surface area contributed by atoms with E-state index in [4.69, 9.17) is 14.2 Å². The molecule has 1 atom stereocenters. The van der Waals surface area contributed by atoms with Crippen molar-refractivity contribution >= 4 is 17.9 Å². The fourth-order valence-electron chi connectivity index (χ4n) is 8.01. The summed E-state index contributed by atoms with van der Waals surface area (Å²) in [6, 6.07) is 0. The lowest BCUT2D eigenvalue weighted by Crippen LogP contribution is -2.30. The molecule has 0 heterocycles. The van der Waals surface area contributed by atoms with Crippen molar-refractivity contribution in [3.8, 4) is 0 Å². The molecular formula is C56H104O6. The van der Waals surface area contributed by atoms with Gasteiger partial charge in [0.05, 0.1) is 0 Å². The topological polar surface area (TPSA) is 78.9 Å². The third kappa shape index (κ3) is 48.9. The maximum atomic E-state index is 12.8. The van der Waals surface area contributed by atoms with E-state index in [9.17, 15) is 14.4 Å². The van der Waals surface area contributed by atoms with Crippen LogP contribution in [0.1, 0.15) is 297 Å². The molecule has 0 spiro atoms. The Morgan fingerprint density at radius 1 is 0.306 bits per heavy atom. The van der Waals surface area contributed by atoms with Crippen molar-refractivity contribution in [1.82, 2.24) is 0 Å². The first-order valence-electron chi connectivity index (χ1n) is 27.3. The minimum Gasteiger partial charge on any atom is -0.462 e. The van der Waals surface area contributed by atoms with Gasteiger partial charge in [0.1, 0.15) is 13.2 Å². The van der Waals surface area contributed by atoms with Crippen LogP contribution in [-0.4, -0.2) is 37.2 Å². The molecular weight excluding hydrogens is 769 g/mol. The van der Waals surface area contributed by atoms with Gasteiger partial charge in [-0.25, -0.2) is 0 Å². The Labute approximate surface area is 385 Å². The summed E-state index contributed by atoms with van der Waals surface area (Å²) in [4.78, 5) is 38.0. The van der Waals surface area contributed by atoms with E-state index >= 15 is 0 Å². The van der Waals surface area contributed by atoms with Gasteiger partial charge in [-0.1, -0.05) is 238 Å². The summed E-state index contributed by atoms with van der Waals surface area (Å²) >= 11 is 0. The summed E-state index contributed by atoms with van der Waals surface area (Å²) in [7, 11) is 0. The van der Waals surface area contributed by atoms with Gasteiger partial charge in [0.15, 0.2) is 6.10 Å². The highest BCUT2D eigenvalue weighted by Gasteiger charge is 2.19. The maximum absolute atomic E-state index is 12.8. The third-order valence-corrected chi connectivity index (χ3v) is 12.2. The van der Waals surface area contributed by atoms with Gasteiger partial charge in [-0.3, -0.25) is 14.4 Å². The van der Waals surface area contributed by atoms with Crippen LogP contribution in [0.15, 0.2) is 24.3 Å². The first-order chi connectivity index (χ1) is 30.5. The number of hydrogen-bond donors (Lipinski definition) is 0. The van der Waals surface area contributed by atoms with Crippen molar-refractivity contribution in [3.05, 3.63) is 24.3 Å². The Bertz CT molecular complexity index is 1000. The molecule has 0 N–H and O–H groups in total. The smallest absolute Gasteiger partial charge is 0.306 e. The number of carbonyl (C=O) groups is 3. The van der Waals surface area contributed by atoms with Crippen molar-refractivity contribution in [1.29, 1.82) is 0 Å². The Morgan fingerprint density at radius 3 is 0.855 bits per heavy atom. The van der Waals surface area contributed by atoms with Gasteiger partial charge in [0, 0.05) is 19.3 Å². The molecule has 0 saturated carbocycles. The van der Waals surface area contributed by atoms with E-state index in [2.05, 4.69) is 45.1 Å². The van der Waals surface area contributed by atoms with Gasteiger partial charge in [-0.05, 0) is 64.2 Å². The zero-order valence-electron chi connectivity index (χ0n) is 41.7. The van der Waals surface area contributed by atoms with Crippen LogP contribution in [0.2, 0.25) is 0 Å². The second kappa shape index (κ2) is 51.5. The van der Waals surface area contributed by atoms with Crippen LogP contribution in [0.5, 0.6) is 0 Å². The Kier molecular flexibility index (Phi) is 49.8. The number of carbonyl (C=O) groups excluding carboxylic acids is 3. The fraction of sp³-hybridized carbons (Fsp3) is 0.875. The first-order valence-corrected chi connectivity index (χ1v) is 27.3. The molecule has 364 valence electrons. The number of rotatable bonds is 50. The monoisotopic (exact) mass is 873 g/mol. The lowest BCUT2D eigenvalue weighted by Gasteiger charge is -2.18. The van der Waals surface area contributed by atoms with Crippen molar-refractivity contribution in [2.24, 2.45) is 0 Å². The van der Waals surface area contributed by atoms with E-state index < -0.39 is 6.10 Å². The van der Waals surface area contributed by atoms with Gasteiger partial charge in [0.25, 0.3) is 0 Å². The Balaban J connectivity index is 4.28. The average Bonchev–Trinajstić information content (AvgIpc) is 3.27. The number of esters is 3.